The molecule has 0 fully saturated rings. The van der Waals surface area contributed by atoms with Crippen LogP contribution >= 0.6 is 11.8 Å². The van der Waals surface area contributed by atoms with Crippen LogP contribution in [0.2, 0.25) is 0 Å². The Morgan fingerprint density at radius 1 is 1.11 bits per heavy atom. The second-order valence-corrected chi connectivity index (χ2v) is 9.27. The summed E-state index contributed by atoms with van der Waals surface area (Å²) in [5.74, 6) is 0.275. The van der Waals surface area contributed by atoms with Crippen LogP contribution in [0.1, 0.15) is 29.3 Å². The molecule has 5 rings (SSSR count). The van der Waals surface area contributed by atoms with E-state index in [1.807, 2.05) is 44.2 Å². The molecule has 0 amide bonds. The van der Waals surface area contributed by atoms with E-state index in [9.17, 15) is 9.18 Å². The zero-order chi connectivity index (χ0) is 24.7. The number of aryl methyl sites for hydroxylation is 1. The monoisotopic (exact) mass is 492 g/mol. The van der Waals surface area contributed by atoms with Gasteiger partial charge in [0.1, 0.15) is 5.82 Å². The molecule has 3 aromatic heterocycles. The first kappa shape index (κ1) is 22.7. The Balaban J connectivity index is 1.45. The molecule has 0 aliphatic rings. The van der Waals surface area contributed by atoms with Crippen LogP contribution in [0.4, 0.5) is 4.39 Å². The predicted molar refractivity (Wildman–Crippen MR) is 127 cm³/mol. The van der Waals surface area contributed by atoms with Gasteiger partial charge in [0.25, 0.3) is 5.56 Å². The van der Waals surface area contributed by atoms with Gasteiger partial charge in [0.05, 0.1) is 16.6 Å². The maximum absolute atomic E-state index is 13.9. The Labute approximate surface area is 203 Å². The van der Waals surface area contributed by atoms with E-state index in [1.54, 1.807) is 35.5 Å². The topological polar surface area (TPSA) is 109 Å². The van der Waals surface area contributed by atoms with Crippen molar-refractivity contribution in [2.75, 3.05) is 0 Å². The van der Waals surface area contributed by atoms with Crippen molar-refractivity contribution >= 4 is 11.8 Å². The number of thioether (sulfide) groups is 1. The molecule has 0 saturated carbocycles. The van der Waals surface area contributed by atoms with Crippen LogP contribution in [0.15, 0.2) is 63.0 Å². The van der Waals surface area contributed by atoms with E-state index in [4.69, 9.17) is 4.52 Å². The minimum atomic E-state index is -0.338. The van der Waals surface area contributed by atoms with Crippen LogP contribution in [0.3, 0.4) is 0 Å². The van der Waals surface area contributed by atoms with Gasteiger partial charge >= 0.3 is 0 Å². The highest BCUT2D eigenvalue weighted by Gasteiger charge is 2.25. The minimum Gasteiger partial charge on any atom is -0.338 e. The Morgan fingerprint density at radius 2 is 1.89 bits per heavy atom. The highest BCUT2D eigenvalue weighted by Crippen LogP contribution is 2.34. The predicted octanol–water partition coefficient (Wildman–Crippen LogP) is 3.81. The molecule has 0 aliphatic heterocycles. The lowest BCUT2D eigenvalue weighted by Crippen LogP contribution is -2.22. The summed E-state index contributed by atoms with van der Waals surface area (Å²) in [4.78, 5) is 17.8. The third-order valence-electron chi connectivity index (χ3n) is 5.68. The summed E-state index contributed by atoms with van der Waals surface area (Å²) in [5, 5.41) is 16.0. The van der Waals surface area contributed by atoms with E-state index in [0.717, 1.165) is 5.69 Å². The summed E-state index contributed by atoms with van der Waals surface area (Å²) in [6.45, 7) is 5.38. The number of nitrogens with zero attached hydrogens (tertiary/aromatic N) is 8. The van der Waals surface area contributed by atoms with Crippen molar-refractivity contribution in [3.05, 3.63) is 81.9 Å². The molecule has 0 N–H and O–H groups in total. The minimum absolute atomic E-state index is 0.250. The number of rotatable bonds is 6. The van der Waals surface area contributed by atoms with Gasteiger partial charge in [0.2, 0.25) is 16.9 Å². The van der Waals surface area contributed by atoms with E-state index < -0.39 is 0 Å². The molecule has 10 nitrogen and oxygen atoms in total. The third-order valence-corrected chi connectivity index (χ3v) is 6.70. The van der Waals surface area contributed by atoms with E-state index in [2.05, 4.69) is 25.7 Å². The lowest BCUT2D eigenvalue weighted by atomic mass is 10.1. The molecule has 0 bridgehead atoms. The number of tetrazole rings is 1. The lowest BCUT2D eigenvalue weighted by molar-refractivity contribution is 0.380. The first-order valence-electron chi connectivity index (χ1n) is 10.7. The van der Waals surface area contributed by atoms with Crippen molar-refractivity contribution in [2.24, 2.45) is 7.05 Å². The van der Waals surface area contributed by atoms with Gasteiger partial charge in [-0.15, -0.1) is 5.10 Å². The molecule has 1 atom stereocenters. The van der Waals surface area contributed by atoms with Gasteiger partial charge in [0.15, 0.2) is 5.69 Å². The van der Waals surface area contributed by atoms with Gasteiger partial charge in [0, 0.05) is 12.6 Å². The molecule has 0 aliphatic carbocycles. The molecule has 3 heterocycles. The molecular weight excluding hydrogens is 471 g/mol. The quantitative estimate of drug-likeness (QED) is 0.329. The zero-order valence-electron chi connectivity index (χ0n) is 19.4. The smallest absolute Gasteiger partial charge is 0.297 e. The fourth-order valence-corrected chi connectivity index (χ4v) is 4.47. The zero-order valence-corrected chi connectivity index (χ0v) is 20.2. The second-order valence-electron chi connectivity index (χ2n) is 7.96. The Bertz CT molecular complexity index is 1570. The highest BCUT2D eigenvalue weighted by molar-refractivity contribution is 7.99. The summed E-state index contributed by atoms with van der Waals surface area (Å²) in [5.41, 5.74) is 2.58. The van der Waals surface area contributed by atoms with Crippen LogP contribution in [-0.2, 0) is 7.05 Å². The highest BCUT2D eigenvalue weighted by atomic mass is 32.2. The van der Waals surface area contributed by atoms with E-state index in [-0.39, 0.29) is 22.5 Å². The van der Waals surface area contributed by atoms with Crippen LogP contribution in [0, 0.1) is 19.7 Å². The number of hydrogen-bond donors (Lipinski definition) is 0. The Hall–Kier alpha value is -4.06. The normalized spacial score (nSPS) is 12.3. The standard InChI is InChI=1S/C23H21FN8O2S/c1-13-10-11-16(12-18(13)24)20-25-21(34-27-20)15(3)35-23-26-28-29-31(23)19-14(2)30(4)32(22(19)33)17-8-6-5-7-9-17/h5-12,15H,1-4H3. The number of hydrogen-bond acceptors (Lipinski definition) is 8. The number of benzene rings is 2. The maximum Gasteiger partial charge on any atom is 0.297 e. The molecular formula is C23H21FN8O2S. The molecule has 2 aromatic carbocycles. The average Bonchev–Trinajstić information content (AvgIpc) is 3.56. The van der Waals surface area contributed by atoms with Crippen LogP contribution in [0.5, 0.6) is 0 Å². The van der Waals surface area contributed by atoms with Crippen molar-refractivity contribution in [3.63, 3.8) is 0 Å². The first-order chi connectivity index (χ1) is 16.8. The van der Waals surface area contributed by atoms with E-state index >= 15 is 0 Å². The largest absolute Gasteiger partial charge is 0.338 e. The number of para-hydroxylation sites is 1. The SMILES string of the molecule is Cc1ccc(-c2noc(C(C)Sc3nnnn3-c3c(C)n(C)n(-c4ccccc4)c3=O)n2)cc1F. The van der Waals surface area contributed by atoms with Crippen LogP contribution in [-0.4, -0.2) is 39.7 Å². The summed E-state index contributed by atoms with van der Waals surface area (Å²) in [7, 11) is 1.81. The van der Waals surface area contributed by atoms with Gasteiger partial charge in [-0.05, 0) is 55.0 Å². The Kier molecular flexibility index (Phi) is 5.81. The third kappa shape index (κ3) is 4.05. The van der Waals surface area contributed by atoms with Gasteiger partial charge in [-0.1, -0.05) is 47.3 Å². The van der Waals surface area contributed by atoms with Crippen LogP contribution in [0.25, 0.3) is 22.8 Å². The van der Waals surface area contributed by atoms with Crippen LogP contribution < -0.4 is 5.56 Å². The van der Waals surface area contributed by atoms with Gasteiger partial charge < -0.3 is 4.52 Å². The number of aromatic nitrogens is 8. The fourth-order valence-electron chi connectivity index (χ4n) is 3.65. The molecule has 5 aromatic rings. The molecule has 0 saturated heterocycles. The maximum atomic E-state index is 13.9. The van der Waals surface area contributed by atoms with E-state index in [1.165, 1.54) is 22.5 Å². The molecule has 0 spiro atoms. The lowest BCUT2D eigenvalue weighted by Gasteiger charge is -2.07. The molecule has 12 heteroatoms. The summed E-state index contributed by atoms with van der Waals surface area (Å²) < 4.78 is 24.1. The summed E-state index contributed by atoms with van der Waals surface area (Å²) >= 11 is 1.27. The van der Waals surface area contributed by atoms with Crippen molar-refractivity contribution < 1.29 is 8.91 Å². The van der Waals surface area contributed by atoms with Gasteiger partial charge in [-0.25, -0.2) is 9.07 Å². The van der Waals surface area contributed by atoms with E-state index in [0.29, 0.717) is 33.6 Å². The first-order valence-corrected chi connectivity index (χ1v) is 11.6. The molecule has 0 radical (unpaired) electrons. The molecule has 178 valence electrons. The number of halogens is 1. The van der Waals surface area contributed by atoms with Crippen molar-refractivity contribution in [1.29, 1.82) is 0 Å². The van der Waals surface area contributed by atoms with Crippen molar-refractivity contribution in [1.82, 2.24) is 39.7 Å². The summed E-state index contributed by atoms with van der Waals surface area (Å²) in [6.07, 6.45) is 0. The second kappa shape index (κ2) is 8.95. The van der Waals surface area contributed by atoms with Crippen molar-refractivity contribution in [2.45, 2.75) is 31.2 Å². The van der Waals surface area contributed by atoms with Gasteiger partial charge in [-0.2, -0.15) is 9.67 Å². The fraction of sp³-hybridized carbons (Fsp3) is 0.217. The van der Waals surface area contributed by atoms with Crippen molar-refractivity contribution in [3.8, 4) is 22.8 Å². The molecule has 35 heavy (non-hydrogen) atoms. The summed E-state index contributed by atoms with van der Waals surface area (Å²) in [6, 6.07) is 14.1. The molecule has 1 unspecified atom stereocenters. The Morgan fingerprint density at radius 3 is 2.63 bits per heavy atom. The average molecular weight is 493 g/mol. The van der Waals surface area contributed by atoms with Gasteiger partial charge in [-0.3, -0.25) is 9.48 Å².